The van der Waals surface area contributed by atoms with Gasteiger partial charge in [0.15, 0.2) is 5.82 Å². The van der Waals surface area contributed by atoms with E-state index in [9.17, 15) is 27.5 Å². The van der Waals surface area contributed by atoms with Gasteiger partial charge in [0, 0.05) is 47.6 Å². The molecule has 3 aromatic rings. The summed E-state index contributed by atoms with van der Waals surface area (Å²) in [5.41, 5.74) is 11.7. The van der Waals surface area contributed by atoms with Crippen molar-refractivity contribution in [1.29, 1.82) is 0 Å². The number of pyridine rings is 1. The molecule has 1 saturated heterocycles. The third kappa shape index (κ3) is 9.87. The highest BCUT2D eigenvalue weighted by molar-refractivity contribution is 5.96. The Balaban J connectivity index is 0.000000694. The summed E-state index contributed by atoms with van der Waals surface area (Å²) in [5.74, 6) is -1.28. The average molecular weight is 681 g/mol. The van der Waals surface area contributed by atoms with Gasteiger partial charge in [0.2, 0.25) is 0 Å². The van der Waals surface area contributed by atoms with E-state index in [0.29, 0.717) is 59.0 Å². The maximum Gasteiger partial charge on any atom is 0.389 e. The first-order chi connectivity index (χ1) is 22.4. The lowest BCUT2D eigenvalue weighted by Gasteiger charge is -2.31. The quantitative estimate of drug-likeness (QED) is 0.131. The van der Waals surface area contributed by atoms with E-state index in [4.69, 9.17) is 26.0 Å². The number of allylic oxidation sites excluding steroid dienone is 1. The van der Waals surface area contributed by atoms with Crippen LogP contribution in [0.1, 0.15) is 73.6 Å². The first-order valence-electron chi connectivity index (χ1n) is 15.1. The molecule has 0 radical (unpaired) electrons. The second kappa shape index (κ2) is 15.8. The number of amides is 1. The summed E-state index contributed by atoms with van der Waals surface area (Å²) in [6.07, 6.45) is -2.37. The Labute approximate surface area is 275 Å². The maximum absolute atomic E-state index is 15.7. The predicted octanol–water partition coefficient (Wildman–Crippen LogP) is 5.92. The van der Waals surface area contributed by atoms with E-state index in [1.54, 1.807) is 19.1 Å². The van der Waals surface area contributed by atoms with Crippen LogP contribution in [0, 0.1) is 11.6 Å². The van der Waals surface area contributed by atoms with Crippen LogP contribution in [0.25, 0.3) is 17.3 Å². The smallest absolute Gasteiger partial charge is 0.389 e. The fraction of sp³-hybridized carbons (Fsp3) is 0.412. The normalized spacial score (nSPS) is 16.7. The molecule has 2 heterocycles. The van der Waals surface area contributed by atoms with Gasteiger partial charge in [-0.2, -0.15) is 13.2 Å². The molecule has 0 spiro atoms. The molecule has 48 heavy (non-hydrogen) atoms. The number of hydrogen-bond donors (Lipinski definition) is 5. The number of aliphatic hydroxyl groups is 2. The van der Waals surface area contributed by atoms with Crippen LogP contribution >= 0.6 is 0 Å². The third-order valence-corrected chi connectivity index (χ3v) is 7.50. The predicted molar refractivity (Wildman–Crippen MR) is 172 cm³/mol. The number of methoxy groups -OCH3 is 1. The highest BCUT2D eigenvalue weighted by Gasteiger charge is 2.41. The van der Waals surface area contributed by atoms with Crippen LogP contribution in [0.5, 0.6) is 5.75 Å². The molecule has 1 aliphatic heterocycles. The zero-order valence-electron chi connectivity index (χ0n) is 27.2. The standard InChI is InChI=1S/C30H34F2N4O4.C4H7F3O/c1-17(33)12-19-13-20(14-23(39-4)26(19)34)28(37)35-16-30(10-5-11-40-30)24-15-22(29(2,3)38)25(32)27(36-24)18-6-8-21(31)9-7-18;5-4(6,7)2-1-3-8/h6-9,12-15,38H,5,10-11,16,33-34H2,1-4H3,(H,35,37);8H,1-3H2/b17-12-;/t30-;/m0./s1. The van der Waals surface area contributed by atoms with Crippen LogP contribution in [0.2, 0.25) is 0 Å². The molecule has 1 amide bonds. The highest BCUT2D eigenvalue weighted by atomic mass is 19.4. The van der Waals surface area contributed by atoms with Crippen molar-refractivity contribution in [1.82, 2.24) is 10.3 Å². The molecule has 0 aliphatic carbocycles. The Bertz CT molecular complexity index is 1600. The summed E-state index contributed by atoms with van der Waals surface area (Å²) in [6.45, 7) is 4.68. The molecule has 262 valence electrons. The van der Waals surface area contributed by atoms with Gasteiger partial charge in [-0.05, 0) is 88.6 Å². The third-order valence-electron chi connectivity index (χ3n) is 7.50. The number of alkyl halides is 3. The average Bonchev–Trinajstić information content (AvgIpc) is 3.50. The van der Waals surface area contributed by atoms with E-state index < -0.39 is 41.3 Å². The molecule has 14 heteroatoms. The minimum Gasteiger partial charge on any atom is -0.495 e. The number of nitrogens with two attached hydrogens (primary N) is 2. The first kappa shape index (κ1) is 38.2. The van der Waals surface area contributed by atoms with Crippen molar-refractivity contribution in [2.24, 2.45) is 5.73 Å². The minimum atomic E-state index is -4.11. The molecular weight excluding hydrogens is 639 g/mol. The first-order valence-corrected chi connectivity index (χ1v) is 15.1. The van der Waals surface area contributed by atoms with Crippen molar-refractivity contribution in [3.63, 3.8) is 0 Å². The topological polar surface area (TPSA) is 153 Å². The van der Waals surface area contributed by atoms with Gasteiger partial charge in [-0.25, -0.2) is 13.8 Å². The van der Waals surface area contributed by atoms with E-state index in [-0.39, 0.29) is 30.8 Å². The zero-order chi connectivity index (χ0) is 35.9. The summed E-state index contributed by atoms with van der Waals surface area (Å²) >= 11 is 0. The summed E-state index contributed by atoms with van der Waals surface area (Å²) in [6, 6.07) is 9.89. The van der Waals surface area contributed by atoms with Crippen LogP contribution in [-0.4, -0.2) is 54.1 Å². The monoisotopic (exact) mass is 680 g/mol. The van der Waals surface area contributed by atoms with Gasteiger partial charge < -0.3 is 36.5 Å². The number of aliphatic hydroxyl groups excluding tert-OH is 1. The maximum atomic E-state index is 15.7. The van der Waals surface area contributed by atoms with Crippen molar-refractivity contribution in [2.75, 3.05) is 32.6 Å². The molecular formula is C34H41F5N4O5. The molecule has 4 rings (SSSR count). The van der Waals surface area contributed by atoms with Crippen LogP contribution in [-0.2, 0) is 15.9 Å². The number of carbonyl (C=O) groups is 1. The van der Waals surface area contributed by atoms with E-state index in [1.807, 2.05) is 0 Å². The van der Waals surface area contributed by atoms with Gasteiger partial charge in [-0.3, -0.25) is 4.79 Å². The number of aromatic nitrogens is 1. The summed E-state index contributed by atoms with van der Waals surface area (Å²) in [5, 5.41) is 21.6. The highest BCUT2D eigenvalue weighted by Crippen LogP contribution is 2.39. The van der Waals surface area contributed by atoms with Crippen molar-refractivity contribution in [3.05, 3.63) is 82.2 Å². The zero-order valence-corrected chi connectivity index (χ0v) is 27.2. The number of halogens is 5. The summed E-state index contributed by atoms with van der Waals surface area (Å²) < 4.78 is 74.1. The molecule has 0 saturated carbocycles. The molecule has 1 aromatic heterocycles. The number of nitrogen functional groups attached to an aromatic ring is 1. The van der Waals surface area contributed by atoms with Crippen LogP contribution in [0.4, 0.5) is 27.6 Å². The molecule has 0 bridgehead atoms. The Hall–Kier alpha value is -4.27. The molecule has 1 atom stereocenters. The molecule has 9 nitrogen and oxygen atoms in total. The lowest BCUT2D eigenvalue weighted by Crippen LogP contribution is -2.41. The van der Waals surface area contributed by atoms with Crippen molar-refractivity contribution in [2.45, 2.75) is 63.8 Å². The Morgan fingerprint density at radius 3 is 2.33 bits per heavy atom. The van der Waals surface area contributed by atoms with E-state index in [0.717, 1.165) is 0 Å². The SMILES string of the molecule is COc1cc(C(=O)NC[C@]2(c3cc(C(C)(C)O)c(F)c(-c4ccc(F)cc4)n3)CCCO2)cc(/C=C(/C)N)c1N.OCCCC(F)(F)F. The molecule has 1 aliphatic rings. The molecule has 2 aromatic carbocycles. The van der Waals surface area contributed by atoms with Crippen molar-refractivity contribution in [3.8, 4) is 17.0 Å². The fourth-order valence-electron chi connectivity index (χ4n) is 5.05. The fourth-order valence-corrected chi connectivity index (χ4v) is 5.05. The van der Waals surface area contributed by atoms with Crippen LogP contribution in [0.3, 0.4) is 0 Å². The number of rotatable bonds is 10. The Morgan fingerprint density at radius 1 is 1.17 bits per heavy atom. The summed E-state index contributed by atoms with van der Waals surface area (Å²) in [4.78, 5) is 17.9. The van der Waals surface area contributed by atoms with Gasteiger partial charge in [0.1, 0.15) is 22.9 Å². The largest absolute Gasteiger partial charge is 0.495 e. The van der Waals surface area contributed by atoms with E-state index in [2.05, 4.69) is 10.3 Å². The van der Waals surface area contributed by atoms with Crippen molar-refractivity contribution >= 4 is 17.7 Å². The molecule has 0 unspecified atom stereocenters. The number of anilines is 1. The number of nitrogens with one attached hydrogen (secondary N) is 1. The molecule has 1 fully saturated rings. The van der Waals surface area contributed by atoms with E-state index in [1.165, 1.54) is 57.4 Å². The number of ether oxygens (including phenoxy) is 2. The second-order valence-corrected chi connectivity index (χ2v) is 11.9. The van der Waals surface area contributed by atoms with Crippen LogP contribution < -0.4 is 21.5 Å². The number of carbonyl (C=O) groups excluding carboxylic acids is 1. The lowest BCUT2D eigenvalue weighted by molar-refractivity contribution is -0.136. The van der Waals surface area contributed by atoms with Gasteiger partial charge in [-0.1, -0.05) is 0 Å². The second-order valence-electron chi connectivity index (χ2n) is 11.9. The van der Waals surface area contributed by atoms with Gasteiger partial charge in [-0.15, -0.1) is 0 Å². The van der Waals surface area contributed by atoms with E-state index >= 15 is 4.39 Å². The Kier molecular flexibility index (Phi) is 12.5. The van der Waals surface area contributed by atoms with Gasteiger partial charge >= 0.3 is 6.18 Å². The number of benzene rings is 2. The van der Waals surface area contributed by atoms with Gasteiger partial charge in [0.25, 0.3) is 5.91 Å². The van der Waals surface area contributed by atoms with Gasteiger partial charge in [0.05, 0.1) is 30.6 Å². The minimum absolute atomic E-state index is 0.00915. The summed E-state index contributed by atoms with van der Waals surface area (Å²) in [7, 11) is 1.46. The Morgan fingerprint density at radius 2 is 1.83 bits per heavy atom. The number of hydrogen-bond acceptors (Lipinski definition) is 8. The van der Waals surface area contributed by atoms with Crippen LogP contribution in [0.15, 0.2) is 48.2 Å². The number of nitrogens with zero attached hydrogens (tertiary/aromatic N) is 1. The lowest BCUT2D eigenvalue weighted by atomic mass is 9.89. The van der Waals surface area contributed by atoms with Crippen molar-refractivity contribution < 1.29 is 46.4 Å². The molecule has 7 N–H and O–H groups in total.